The second-order valence-corrected chi connectivity index (χ2v) is 5.62. The van der Waals surface area contributed by atoms with E-state index in [0.29, 0.717) is 5.56 Å². The molecule has 0 aromatic heterocycles. The van der Waals surface area contributed by atoms with E-state index in [4.69, 9.17) is 0 Å². The first kappa shape index (κ1) is 14.3. The Morgan fingerprint density at radius 3 is 2.68 bits per heavy atom. The molecule has 0 unspecified atom stereocenters. The molecule has 1 N–H and O–H groups in total. The van der Waals surface area contributed by atoms with Gasteiger partial charge in [-0.3, -0.25) is 0 Å². The van der Waals surface area contributed by atoms with Crippen LogP contribution in [-0.2, 0) is 0 Å². The second kappa shape index (κ2) is 5.91. The molecule has 1 saturated heterocycles. The van der Waals surface area contributed by atoms with Crippen LogP contribution in [0.2, 0.25) is 0 Å². The maximum Gasteiger partial charge on any atom is 0.128 e. The molecule has 1 aliphatic rings. The fraction of sp³-hybridized carbons (Fsp3) is 0.625. The summed E-state index contributed by atoms with van der Waals surface area (Å²) in [7, 11) is 0. The van der Waals surface area contributed by atoms with Crippen LogP contribution in [0.1, 0.15) is 38.7 Å². The molecule has 2 nitrogen and oxygen atoms in total. The number of hydrogen-bond donors (Lipinski definition) is 1. The highest BCUT2D eigenvalue weighted by Crippen LogP contribution is 2.25. The van der Waals surface area contributed by atoms with Crippen LogP contribution in [-0.4, -0.2) is 25.2 Å². The minimum absolute atomic E-state index is 0.103. The third kappa shape index (κ3) is 3.08. The molecule has 0 saturated carbocycles. The van der Waals surface area contributed by atoms with Gasteiger partial charge in [0.25, 0.3) is 0 Å². The molecule has 1 aromatic rings. The first-order chi connectivity index (χ1) is 9.10. The standard InChI is InChI=1S/C16H25FN2/c1-4-16(5-2)12-19(10-6-9-18-16)14-8-7-13(3)15(17)11-14/h7-8,11,18H,4-6,9-10,12H2,1-3H3. The maximum absolute atomic E-state index is 13.7. The predicted molar refractivity (Wildman–Crippen MR) is 79.3 cm³/mol. The van der Waals surface area contributed by atoms with Crippen LogP contribution >= 0.6 is 0 Å². The van der Waals surface area contributed by atoms with Gasteiger partial charge in [-0.05, 0) is 50.4 Å². The van der Waals surface area contributed by atoms with Crippen LogP contribution in [0.15, 0.2) is 18.2 Å². The highest BCUT2D eigenvalue weighted by atomic mass is 19.1. The van der Waals surface area contributed by atoms with Crippen LogP contribution < -0.4 is 10.2 Å². The third-order valence-electron chi connectivity index (χ3n) is 4.47. The Kier molecular flexibility index (Phi) is 4.46. The average molecular weight is 264 g/mol. The number of aryl methyl sites for hydroxylation is 1. The zero-order valence-corrected chi connectivity index (χ0v) is 12.3. The fourth-order valence-electron chi connectivity index (χ4n) is 2.85. The normalized spacial score (nSPS) is 19.3. The monoisotopic (exact) mass is 264 g/mol. The van der Waals surface area contributed by atoms with Gasteiger partial charge in [0, 0.05) is 24.3 Å². The molecule has 1 aliphatic heterocycles. The number of nitrogens with zero attached hydrogens (tertiary/aromatic N) is 1. The van der Waals surface area contributed by atoms with Crippen molar-refractivity contribution in [2.45, 2.75) is 45.6 Å². The minimum atomic E-state index is -0.103. The third-order valence-corrected chi connectivity index (χ3v) is 4.47. The van der Waals surface area contributed by atoms with E-state index in [1.165, 1.54) is 0 Å². The van der Waals surface area contributed by atoms with Crippen LogP contribution in [0.25, 0.3) is 0 Å². The molecule has 0 bridgehead atoms. The number of halogens is 1. The zero-order chi connectivity index (χ0) is 13.9. The molecule has 1 fully saturated rings. The number of anilines is 1. The molecule has 0 amide bonds. The molecule has 2 rings (SSSR count). The number of hydrogen-bond acceptors (Lipinski definition) is 2. The summed E-state index contributed by atoms with van der Waals surface area (Å²) in [6.07, 6.45) is 3.32. The van der Waals surface area contributed by atoms with Crippen molar-refractivity contribution in [2.75, 3.05) is 24.5 Å². The quantitative estimate of drug-likeness (QED) is 0.899. The number of rotatable bonds is 3. The van der Waals surface area contributed by atoms with E-state index in [-0.39, 0.29) is 11.4 Å². The Labute approximate surface area is 116 Å². The molecular formula is C16H25FN2. The largest absolute Gasteiger partial charge is 0.370 e. The smallest absolute Gasteiger partial charge is 0.128 e. The zero-order valence-electron chi connectivity index (χ0n) is 12.3. The Balaban J connectivity index is 2.24. The summed E-state index contributed by atoms with van der Waals surface area (Å²) in [6, 6.07) is 5.60. The first-order valence-electron chi connectivity index (χ1n) is 7.36. The number of nitrogens with one attached hydrogen (secondary N) is 1. The van der Waals surface area contributed by atoms with Crippen molar-refractivity contribution < 1.29 is 4.39 Å². The van der Waals surface area contributed by atoms with Crippen LogP contribution in [0.5, 0.6) is 0 Å². The van der Waals surface area contributed by atoms with E-state index in [1.807, 2.05) is 19.1 Å². The summed E-state index contributed by atoms with van der Waals surface area (Å²) in [6.45, 7) is 9.28. The molecule has 3 heteroatoms. The van der Waals surface area contributed by atoms with Gasteiger partial charge in [0.15, 0.2) is 0 Å². The maximum atomic E-state index is 13.7. The van der Waals surface area contributed by atoms with E-state index in [1.54, 1.807) is 6.07 Å². The number of benzene rings is 1. The summed E-state index contributed by atoms with van der Waals surface area (Å²) in [5.74, 6) is -0.103. The van der Waals surface area contributed by atoms with Gasteiger partial charge in [0.1, 0.15) is 5.82 Å². The second-order valence-electron chi connectivity index (χ2n) is 5.62. The van der Waals surface area contributed by atoms with E-state index in [9.17, 15) is 4.39 Å². The van der Waals surface area contributed by atoms with E-state index >= 15 is 0 Å². The van der Waals surface area contributed by atoms with Gasteiger partial charge in [-0.2, -0.15) is 0 Å². The lowest BCUT2D eigenvalue weighted by Crippen LogP contribution is -2.50. The van der Waals surface area contributed by atoms with Crippen LogP contribution in [0.4, 0.5) is 10.1 Å². The van der Waals surface area contributed by atoms with Crippen molar-refractivity contribution in [1.29, 1.82) is 0 Å². The molecule has 19 heavy (non-hydrogen) atoms. The molecule has 1 aromatic carbocycles. The average Bonchev–Trinajstić information content (AvgIpc) is 2.65. The predicted octanol–water partition coefficient (Wildman–Crippen LogP) is 3.49. The Morgan fingerprint density at radius 1 is 1.32 bits per heavy atom. The van der Waals surface area contributed by atoms with Gasteiger partial charge in [0.05, 0.1) is 0 Å². The van der Waals surface area contributed by atoms with Gasteiger partial charge in [-0.1, -0.05) is 19.9 Å². The summed E-state index contributed by atoms with van der Waals surface area (Å²) >= 11 is 0. The molecule has 0 atom stereocenters. The molecular weight excluding hydrogens is 239 g/mol. The molecule has 106 valence electrons. The molecule has 0 radical (unpaired) electrons. The molecule has 0 spiro atoms. The van der Waals surface area contributed by atoms with Gasteiger partial charge in [-0.25, -0.2) is 4.39 Å². The van der Waals surface area contributed by atoms with E-state index < -0.39 is 0 Å². The first-order valence-corrected chi connectivity index (χ1v) is 7.36. The van der Waals surface area contributed by atoms with Gasteiger partial charge < -0.3 is 10.2 Å². The van der Waals surface area contributed by atoms with Crippen molar-refractivity contribution in [2.24, 2.45) is 0 Å². The van der Waals surface area contributed by atoms with Crippen molar-refractivity contribution in [3.8, 4) is 0 Å². The van der Waals surface area contributed by atoms with Gasteiger partial charge >= 0.3 is 0 Å². The van der Waals surface area contributed by atoms with Gasteiger partial charge in [0.2, 0.25) is 0 Å². The molecule has 1 heterocycles. The van der Waals surface area contributed by atoms with E-state index in [0.717, 1.165) is 44.6 Å². The lowest BCUT2D eigenvalue weighted by Gasteiger charge is -2.36. The lowest BCUT2D eigenvalue weighted by molar-refractivity contribution is 0.321. The summed E-state index contributed by atoms with van der Waals surface area (Å²) in [5.41, 5.74) is 1.89. The topological polar surface area (TPSA) is 15.3 Å². The van der Waals surface area contributed by atoms with Crippen molar-refractivity contribution in [3.63, 3.8) is 0 Å². The Morgan fingerprint density at radius 2 is 2.05 bits per heavy atom. The SMILES string of the molecule is CCC1(CC)CN(c2ccc(C)c(F)c2)CCCN1. The van der Waals surface area contributed by atoms with Crippen LogP contribution in [0, 0.1) is 12.7 Å². The van der Waals surface area contributed by atoms with Crippen molar-refractivity contribution >= 4 is 5.69 Å². The summed E-state index contributed by atoms with van der Waals surface area (Å²) in [4.78, 5) is 2.33. The fourth-order valence-corrected chi connectivity index (χ4v) is 2.85. The summed E-state index contributed by atoms with van der Waals surface area (Å²) < 4.78 is 13.7. The van der Waals surface area contributed by atoms with Gasteiger partial charge in [-0.15, -0.1) is 0 Å². The van der Waals surface area contributed by atoms with Crippen LogP contribution in [0.3, 0.4) is 0 Å². The van der Waals surface area contributed by atoms with Crippen molar-refractivity contribution in [1.82, 2.24) is 5.32 Å². The minimum Gasteiger partial charge on any atom is -0.370 e. The van der Waals surface area contributed by atoms with E-state index in [2.05, 4.69) is 24.1 Å². The highest BCUT2D eigenvalue weighted by molar-refractivity contribution is 5.48. The Hall–Kier alpha value is -1.09. The lowest BCUT2D eigenvalue weighted by atomic mass is 9.92. The Bertz CT molecular complexity index is 427. The van der Waals surface area contributed by atoms with Crippen molar-refractivity contribution in [3.05, 3.63) is 29.6 Å². The highest BCUT2D eigenvalue weighted by Gasteiger charge is 2.30. The summed E-state index contributed by atoms with van der Waals surface area (Å²) in [5, 5.41) is 3.68. The molecule has 0 aliphatic carbocycles.